The number of amides is 2. The lowest BCUT2D eigenvalue weighted by atomic mass is 9.67. The molecule has 3 aliphatic rings. The first-order valence-corrected chi connectivity index (χ1v) is 11.4. The minimum Gasteiger partial charge on any atom is -0.494 e. The van der Waals surface area contributed by atoms with Crippen LogP contribution in [0, 0.1) is 17.2 Å². The van der Waals surface area contributed by atoms with Crippen LogP contribution in [0.15, 0.2) is 24.5 Å². The van der Waals surface area contributed by atoms with Crippen LogP contribution in [0.5, 0.6) is 5.75 Å². The molecule has 1 aromatic carbocycles. The van der Waals surface area contributed by atoms with Crippen molar-refractivity contribution in [2.45, 2.75) is 57.4 Å². The standard InChI is InChI=1S/C23H30FN5O2/c1-31-20-8-7-17(11-19(20)24)26-22(30)28-13-18(23(14-28)9-3-2-4-10-23)21-27-25-15-29(21)12-16-5-6-16/h7-8,11,15-16,18H,2-6,9-10,12-14H2,1H3,(H,26,30). The van der Waals surface area contributed by atoms with Gasteiger partial charge in [-0.25, -0.2) is 9.18 Å². The van der Waals surface area contributed by atoms with Gasteiger partial charge in [-0.05, 0) is 49.1 Å². The number of ether oxygens (including phenoxy) is 1. The van der Waals surface area contributed by atoms with Crippen molar-refractivity contribution in [3.63, 3.8) is 0 Å². The Morgan fingerprint density at radius 3 is 2.81 bits per heavy atom. The molecular weight excluding hydrogens is 397 g/mol. The van der Waals surface area contributed by atoms with Gasteiger partial charge in [-0.3, -0.25) is 0 Å². The van der Waals surface area contributed by atoms with Crippen LogP contribution >= 0.6 is 0 Å². The number of carbonyl (C=O) groups is 1. The number of hydrogen-bond acceptors (Lipinski definition) is 4. The maximum absolute atomic E-state index is 14.1. The van der Waals surface area contributed by atoms with E-state index in [0.717, 1.165) is 31.1 Å². The number of hydrogen-bond donors (Lipinski definition) is 1. The fraction of sp³-hybridized carbons (Fsp3) is 0.609. The lowest BCUT2D eigenvalue weighted by Gasteiger charge is -2.37. The summed E-state index contributed by atoms with van der Waals surface area (Å²) in [4.78, 5) is 15.0. The zero-order chi connectivity index (χ0) is 21.4. The van der Waals surface area contributed by atoms with E-state index in [1.807, 2.05) is 11.2 Å². The van der Waals surface area contributed by atoms with Crippen molar-refractivity contribution in [2.24, 2.45) is 11.3 Å². The van der Waals surface area contributed by atoms with E-state index >= 15 is 0 Å². The van der Waals surface area contributed by atoms with E-state index in [2.05, 4.69) is 20.1 Å². The van der Waals surface area contributed by atoms with E-state index in [9.17, 15) is 9.18 Å². The van der Waals surface area contributed by atoms with Crippen molar-refractivity contribution in [2.75, 3.05) is 25.5 Å². The summed E-state index contributed by atoms with van der Waals surface area (Å²) < 4.78 is 21.2. The molecule has 1 unspecified atom stereocenters. The highest BCUT2D eigenvalue weighted by Crippen LogP contribution is 2.52. The number of nitrogens with one attached hydrogen (secondary N) is 1. The molecule has 1 aliphatic heterocycles. The molecule has 5 rings (SSSR count). The fourth-order valence-electron chi connectivity index (χ4n) is 5.44. The van der Waals surface area contributed by atoms with Gasteiger partial charge in [0.1, 0.15) is 12.2 Å². The van der Waals surface area contributed by atoms with E-state index in [1.54, 1.807) is 6.07 Å². The van der Waals surface area contributed by atoms with E-state index in [0.29, 0.717) is 18.8 Å². The molecule has 1 aromatic heterocycles. The van der Waals surface area contributed by atoms with E-state index < -0.39 is 5.82 Å². The summed E-state index contributed by atoms with van der Waals surface area (Å²) in [7, 11) is 1.42. The Morgan fingerprint density at radius 1 is 1.29 bits per heavy atom. The predicted octanol–water partition coefficient (Wildman–Crippen LogP) is 4.42. The lowest BCUT2D eigenvalue weighted by Crippen LogP contribution is -2.36. The third kappa shape index (κ3) is 4.00. The highest BCUT2D eigenvalue weighted by molar-refractivity contribution is 5.89. The number of carbonyl (C=O) groups excluding carboxylic acids is 1. The molecule has 2 aliphatic carbocycles. The van der Waals surface area contributed by atoms with Crippen LogP contribution in [-0.4, -0.2) is 45.9 Å². The maximum Gasteiger partial charge on any atom is 0.321 e. The molecule has 2 aromatic rings. The Morgan fingerprint density at radius 2 is 2.10 bits per heavy atom. The highest BCUT2D eigenvalue weighted by Gasteiger charge is 2.50. The molecule has 1 N–H and O–H groups in total. The van der Waals surface area contributed by atoms with Crippen LogP contribution in [0.2, 0.25) is 0 Å². The molecule has 2 saturated carbocycles. The van der Waals surface area contributed by atoms with Crippen molar-refractivity contribution in [3.05, 3.63) is 36.2 Å². The molecule has 7 nitrogen and oxygen atoms in total. The molecule has 1 saturated heterocycles. The number of likely N-dealkylation sites (tertiary alicyclic amines) is 1. The number of benzene rings is 1. The predicted molar refractivity (Wildman–Crippen MR) is 115 cm³/mol. The molecule has 31 heavy (non-hydrogen) atoms. The molecule has 8 heteroatoms. The minimum absolute atomic E-state index is 0.0507. The quantitative estimate of drug-likeness (QED) is 0.767. The average Bonchev–Trinajstić information content (AvgIpc) is 3.35. The SMILES string of the molecule is COc1ccc(NC(=O)N2CC(c3nncn3CC3CC3)C3(CCCCC3)C2)cc1F. The second-order valence-corrected chi connectivity index (χ2v) is 9.42. The van der Waals surface area contributed by atoms with Gasteiger partial charge in [0.15, 0.2) is 11.6 Å². The Hall–Kier alpha value is -2.64. The van der Waals surface area contributed by atoms with E-state index in [-0.39, 0.29) is 23.1 Å². The second-order valence-electron chi connectivity index (χ2n) is 9.42. The summed E-state index contributed by atoms with van der Waals surface area (Å²) in [6.07, 6.45) is 10.2. The molecule has 3 fully saturated rings. The van der Waals surface area contributed by atoms with Crippen molar-refractivity contribution < 1.29 is 13.9 Å². The summed E-state index contributed by atoms with van der Waals surface area (Å²) in [5.41, 5.74) is 0.482. The van der Waals surface area contributed by atoms with Gasteiger partial charge in [0.25, 0.3) is 0 Å². The lowest BCUT2D eigenvalue weighted by molar-refractivity contribution is 0.167. The number of anilines is 1. The number of methoxy groups -OCH3 is 1. The minimum atomic E-state index is -0.489. The maximum atomic E-state index is 14.1. The molecule has 0 bridgehead atoms. The first-order valence-electron chi connectivity index (χ1n) is 11.4. The Labute approximate surface area is 182 Å². The first-order chi connectivity index (χ1) is 15.1. The largest absolute Gasteiger partial charge is 0.494 e. The fourth-order valence-corrected chi connectivity index (χ4v) is 5.44. The van der Waals surface area contributed by atoms with Crippen LogP contribution in [-0.2, 0) is 6.54 Å². The number of nitrogens with zero attached hydrogens (tertiary/aromatic N) is 4. The first kappa shape index (κ1) is 20.3. The van der Waals surface area contributed by atoms with Crippen LogP contribution in [0.1, 0.15) is 56.7 Å². The number of urea groups is 1. The zero-order valence-electron chi connectivity index (χ0n) is 18.0. The monoisotopic (exact) mass is 427 g/mol. The molecule has 2 heterocycles. The zero-order valence-corrected chi connectivity index (χ0v) is 18.0. The average molecular weight is 428 g/mol. The highest BCUT2D eigenvalue weighted by atomic mass is 19.1. The molecule has 0 radical (unpaired) electrons. The van der Waals surface area contributed by atoms with Gasteiger partial charge in [0.05, 0.1) is 7.11 Å². The normalized spacial score (nSPS) is 22.6. The Bertz CT molecular complexity index is 951. The topological polar surface area (TPSA) is 72.3 Å². The van der Waals surface area contributed by atoms with E-state index in [4.69, 9.17) is 4.74 Å². The molecule has 1 atom stereocenters. The van der Waals surface area contributed by atoms with Gasteiger partial charge in [-0.15, -0.1) is 10.2 Å². The van der Waals surface area contributed by atoms with Crippen molar-refractivity contribution in [3.8, 4) is 5.75 Å². The Kier molecular flexibility index (Phi) is 5.32. The molecule has 1 spiro atoms. The number of aromatic nitrogens is 3. The van der Waals surface area contributed by atoms with Gasteiger partial charge in [0, 0.05) is 37.3 Å². The third-order valence-electron chi connectivity index (χ3n) is 7.30. The van der Waals surface area contributed by atoms with Gasteiger partial charge < -0.3 is 19.5 Å². The second kappa shape index (κ2) is 8.13. The smallest absolute Gasteiger partial charge is 0.321 e. The summed E-state index contributed by atoms with van der Waals surface area (Å²) in [6, 6.07) is 4.30. The molecule has 166 valence electrons. The summed E-state index contributed by atoms with van der Waals surface area (Å²) in [5.74, 6) is 1.63. The van der Waals surface area contributed by atoms with Crippen LogP contribution in [0.25, 0.3) is 0 Å². The molecular formula is C23H30FN5O2. The van der Waals surface area contributed by atoms with Gasteiger partial charge in [-0.1, -0.05) is 19.3 Å². The number of halogens is 1. The van der Waals surface area contributed by atoms with Crippen molar-refractivity contribution >= 4 is 11.7 Å². The van der Waals surface area contributed by atoms with E-state index in [1.165, 1.54) is 51.3 Å². The molecule has 2 amide bonds. The third-order valence-corrected chi connectivity index (χ3v) is 7.30. The summed E-state index contributed by atoms with van der Waals surface area (Å²) >= 11 is 0. The summed E-state index contributed by atoms with van der Waals surface area (Å²) in [6.45, 7) is 2.30. The van der Waals surface area contributed by atoms with Crippen LogP contribution in [0.4, 0.5) is 14.9 Å². The van der Waals surface area contributed by atoms with Crippen LogP contribution < -0.4 is 10.1 Å². The summed E-state index contributed by atoms with van der Waals surface area (Å²) in [5, 5.41) is 11.6. The van der Waals surface area contributed by atoms with Gasteiger partial charge in [0.2, 0.25) is 0 Å². The van der Waals surface area contributed by atoms with Gasteiger partial charge in [-0.2, -0.15) is 0 Å². The van der Waals surface area contributed by atoms with Crippen molar-refractivity contribution in [1.82, 2.24) is 19.7 Å². The van der Waals surface area contributed by atoms with Gasteiger partial charge >= 0.3 is 6.03 Å². The number of rotatable bonds is 5. The van der Waals surface area contributed by atoms with Crippen molar-refractivity contribution in [1.29, 1.82) is 0 Å². The Balaban J connectivity index is 1.36. The van der Waals surface area contributed by atoms with Crippen LogP contribution in [0.3, 0.4) is 0 Å².